The van der Waals surface area contributed by atoms with Gasteiger partial charge in [-0.3, -0.25) is 14.4 Å². The van der Waals surface area contributed by atoms with Gasteiger partial charge in [-0.1, -0.05) is 24.3 Å². The van der Waals surface area contributed by atoms with Crippen LogP contribution in [-0.2, 0) is 21.4 Å². The van der Waals surface area contributed by atoms with Crippen molar-refractivity contribution in [1.82, 2.24) is 14.9 Å². The Morgan fingerprint density at radius 3 is 2.34 bits per heavy atom. The van der Waals surface area contributed by atoms with Crippen molar-refractivity contribution in [2.75, 3.05) is 6.54 Å². The monoisotopic (exact) mass is 415 g/mol. The first-order valence-corrected chi connectivity index (χ1v) is 10.5. The molecule has 0 unspecified atom stereocenters. The normalized spacial score (nSPS) is 15.5. The number of carbonyl (C=O) groups excluding carboxylic acids is 3. The first kappa shape index (κ1) is 20.5. The standard InChI is InChI=1S/C20H21N3O5S/c1-3-21-18(24)13(2)22-19(25)15-10-8-14(9-11-15)12-23-20(26)16-6-4-5-7-17(16)29(23,27)28/h4-11,13H,3,12H2,1-2H3,(H,21,24)(H,22,25)/t13-/m0/s1. The second-order valence-electron chi connectivity index (χ2n) is 6.60. The minimum atomic E-state index is -3.89. The zero-order valence-corrected chi connectivity index (χ0v) is 16.8. The summed E-state index contributed by atoms with van der Waals surface area (Å²) in [6.45, 7) is 3.70. The lowest BCUT2D eigenvalue weighted by Crippen LogP contribution is -2.44. The molecule has 0 radical (unpaired) electrons. The number of nitrogens with one attached hydrogen (secondary N) is 2. The van der Waals surface area contributed by atoms with Crippen LogP contribution in [0.15, 0.2) is 53.4 Å². The largest absolute Gasteiger partial charge is 0.355 e. The maximum Gasteiger partial charge on any atom is 0.269 e. The zero-order chi connectivity index (χ0) is 21.2. The lowest BCUT2D eigenvalue weighted by Gasteiger charge is -2.16. The third-order valence-electron chi connectivity index (χ3n) is 4.55. The van der Waals surface area contributed by atoms with E-state index in [2.05, 4.69) is 10.6 Å². The maximum atomic E-state index is 12.6. The molecule has 1 heterocycles. The summed E-state index contributed by atoms with van der Waals surface area (Å²) < 4.78 is 26.1. The van der Waals surface area contributed by atoms with E-state index in [0.29, 0.717) is 17.7 Å². The fourth-order valence-electron chi connectivity index (χ4n) is 2.99. The zero-order valence-electron chi connectivity index (χ0n) is 16.0. The molecule has 1 aliphatic heterocycles. The Balaban J connectivity index is 1.71. The average Bonchev–Trinajstić information content (AvgIpc) is 2.89. The predicted octanol–water partition coefficient (Wildman–Crippen LogP) is 1.29. The van der Waals surface area contributed by atoms with Gasteiger partial charge >= 0.3 is 0 Å². The molecule has 2 aromatic rings. The number of fused-ring (bicyclic) bond motifs is 1. The van der Waals surface area contributed by atoms with Crippen molar-refractivity contribution >= 4 is 27.7 Å². The lowest BCUT2D eigenvalue weighted by molar-refractivity contribution is -0.122. The molecule has 1 atom stereocenters. The highest BCUT2D eigenvalue weighted by Gasteiger charge is 2.40. The van der Waals surface area contributed by atoms with E-state index >= 15 is 0 Å². The van der Waals surface area contributed by atoms with Crippen LogP contribution >= 0.6 is 0 Å². The molecule has 1 aliphatic rings. The molecule has 2 N–H and O–H groups in total. The minimum absolute atomic E-state index is 0.000316. The molecule has 152 valence electrons. The number of benzene rings is 2. The first-order valence-electron chi connectivity index (χ1n) is 9.09. The van der Waals surface area contributed by atoms with E-state index in [4.69, 9.17) is 0 Å². The number of hydrogen-bond donors (Lipinski definition) is 2. The van der Waals surface area contributed by atoms with Gasteiger partial charge in [-0.25, -0.2) is 12.7 Å². The van der Waals surface area contributed by atoms with Crippen LogP contribution in [0, 0.1) is 0 Å². The molecule has 8 nitrogen and oxygen atoms in total. The Hall–Kier alpha value is -3.20. The number of likely N-dealkylation sites (N-methyl/N-ethyl adjacent to an activating group) is 1. The SMILES string of the molecule is CCNC(=O)[C@H](C)NC(=O)c1ccc(CN2C(=O)c3ccccc3S2(=O)=O)cc1. The Labute approximate surface area is 169 Å². The summed E-state index contributed by atoms with van der Waals surface area (Å²) in [5.74, 6) is -1.28. The second kappa shape index (κ2) is 8.04. The van der Waals surface area contributed by atoms with E-state index in [0.717, 1.165) is 4.31 Å². The highest BCUT2D eigenvalue weighted by Crippen LogP contribution is 2.31. The number of carbonyl (C=O) groups is 3. The smallest absolute Gasteiger partial charge is 0.269 e. The molecule has 0 aromatic heterocycles. The molecular weight excluding hydrogens is 394 g/mol. The van der Waals surface area contributed by atoms with Crippen molar-refractivity contribution in [3.05, 3.63) is 65.2 Å². The van der Waals surface area contributed by atoms with Crippen LogP contribution in [0.5, 0.6) is 0 Å². The van der Waals surface area contributed by atoms with Gasteiger partial charge in [0.1, 0.15) is 10.9 Å². The van der Waals surface area contributed by atoms with Gasteiger partial charge < -0.3 is 10.6 Å². The van der Waals surface area contributed by atoms with Crippen LogP contribution < -0.4 is 10.6 Å². The summed E-state index contributed by atoms with van der Waals surface area (Å²) >= 11 is 0. The Morgan fingerprint density at radius 2 is 1.72 bits per heavy atom. The van der Waals surface area contributed by atoms with Crippen molar-refractivity contribution < 1.29 is 22.8 Å². The fraction of sp³-hybridized carbons (Fsp3) is 0.250. The first-order chi connectivity index (χ1) is 13.8. The van der Waals surface area contributed by atoms with Gasteiger partial charge in [-0.15, -0.1) is 0 Å². The van der Waals surface area contributed by atoms with Crippen molar-refractivity contribution in [2.24, 2.45) is 0 Å². The van der Waals surface area contributed by atoms with E-state index in [1.54, 1.807) is 38.1 Å². The molecule has 9 heteroatoms. The predicted molar refractivity (Wildman–Crippen MR) is 106 cm³/mol. The highest BCUT2D eigenvalue weighted by atomic mass is 32.2. The Kier molecular flexibility index (Phi) is 5.69. The van der Waals surface area contributed by atoms with Crippen molar-refractivity contribution in [3.63, 3.8) is 0 Å². The molecular formula is C20H21N3O5S. The number of amides is 3. The molecule has 29 heavy (non-hydrogen) atoms. The molecule has 2 aromatic carbocycles. The Bertz CT molecular complexity index is 1060. The number of hydrogen-bond acceptors (Lipinski definition) is 5. The molecule has 0 bridgehead atoms. The van der Waals surface area contributed by atoms with Crippen LogP contribution in [0.1, 0.15) is 40.1 Å². The molecule has 3 amide bonds. The number of rotatable bonds is 6. The second-order valence-corrected chi connectivity index (χ2v) is 8.43. The van der Waals surface area contributed by atoms with Gasteiger partial charge in [0.05, 0.1) is 12.1 Å². The van der Waals surface area contributed by atoms with E-state index in [1.807, 2.05) is 0 Å². The molecule has 3 rings (SSSR count). The molecule has 0 saturated heterocycles. The van der Waals surface area contributed by atoms with E-state index in [-0.39, 0.29) is 22.9 Å². The van der Waals surface area contributed by atoms with Gasteiger partial charge in [0.25, 0.3) is 21.8 Å². The third-order valence-corrected chi connectivity index (χ3v) is 6.33. The van der Waals surface area contributed by atoms with E-state index in [9.17, 15) is 22.8 Å². The molecule has 0 fully saturated rings. The molecule has 0 spiro atoms. The van der Waals surface area contributed by atoms with Gasteiger partial charge in [0, 0.05) is 12.1 Å². The molecule has 0 saturated carbocycles. The minimum Gasteiger partial charge on any atom is -0.355 e. The summed E-state index contributed by atoms with van der Waals surface area (Å²) in [6.07, 6.45) is 0. The maximum absolute atomic E-state index is 12.6. The van der Waals surface area contributed by atoms with Gasteiger partial charge in [0.15, 0.2) is 0 Å². The summed E-state index contributed by atoms with van der Waals surface area (Å²) in [5.41, 5.74) is 1.04. The van der Waals surface area contributed by atoms with Crippen molar-refractivity contribution in [2.45, 2.75) is 31.3 Å². The molecule has 0 aliphatic carbocycles. The van der Waals surface area contributed by atoms with Crippen LogP contribution in [-0.4, -0.2) is 43.0 Å². The van der Waals surface area contributed by atoms with Gasteiger partial charge in [0.2, 0.25) is 5.91 Å². The van der Waals surface area contributed by atoms with Crippen molar-refractivity contribution in [1.29, 1.82) is 0 Å². The third kappa shape index (κ3) is 4.00. The van der Waals surface area contributed by atoms with Crippen molar-refractivity contribution in [3.8, 4) is 0 Å². The lowest BCUT2D eigenvalue weighted by atomic mass is 10.1. The van der Waals surface area contributed by atoms with Crippen LogP contribution in [0.25, 0.3) is 0 Å². The number of sulfonamides is 1. The summed E-state index contributed by atoms with van der Waals surface area (Å²) in [6, 6.07) is 11.6. The summed E-state index contributed by atoms with van der Waals surface area (Å²) in [4.78, 5) is 36.5. The van der Waals surface area contributed by atoms with Gasteiger partial charge in [-0.05, 0) is 43.7 Å². The van der Waals surface area contributed by atoms with Crippen LogP contribution in [0.3, 0.4) is 0 Å². The summed E-state index contributed by atoms with van der Waals surface area (Å²) in [5, 5.41) is 5.22. The topological polar surface area (TPSA) is 113 Å². The Morgan fingerprint density at radius 1 is 1.07 bits per heavy atom. The number of nitrogens with zero attached hydrogens (tertiary/aromatic N) is 1. The highest BCUT2D eigenvalue weighted by molar-refractivity contribution is 7.90. The van der Waals surface area contributed by atoms with Crippen LogP contribution in [0.4, 0.5) is 0 Å². The average molecular weight is 415 g/mol. The quantitative estimate of drug-likeness (QED) is 0.738. The van der Waals surface area contributed by atoms with E-state index < -0.39 is 27.9 Å². The van der Waals surface area contributed by atoms with Crippen LogP contribution in [0.2, 0.25) is 0 Å². The van der Waals surface area contributed by atoms with Gasteiger partial charge in [-0.2, -0.15) is 0 Å². The van der Waals surface area contributed by atoms with E-state index in [1.165, 1.54) is 24.3 Å². The fourth-order valence-corrected chi connectivity index (χ4v) is 4.54. The summed E-state index contributed by atoms with van der Waals surface area (Å²) in [7, 11) is -3.89.